The highest BCUT2D eigenvalue weighted by Gasteiger charge is 2.31. The molecule has 0 bridgehead atoms. The van der Waals surface area contributed by atoms with Crippen molar-refractivity contribution in [3.8, 4) is 0 Å². The third-order valence-corrected chi connectivity index (χ3v) is 4.53. The Labute approximate surface area is 128 Å². The topological polar surface area (TPSA) is 52.6 Å². The summed E-state index contributed by atoms with van der Waals surface area (Å²) in [7, 11) is 0. The molecule has 1 saturated carbocycles. The second kappa shape index (κ2) is 7.81. The van der Waals surface area contributed by atoms with Gasteiger partial charge in [0.25, 0.3) is 0 Å². The van der Waals surface area contributed by atoms with E-state index in [0.29, 0.717) is 6.42 Å². The molecule has 1 aliphatic rings. The third kappa shape index (κ3) is 6.06. The number of carbonyl (C=O) groups is 2. The Morgan fingerprint density at radius 2 is 1.57 bits per heavy atom. The lowest BCUT2D eigenvalue weighted by molar-refractivity contribution is -0.174. The molecule has 0 N–H and O–H groups in total. The second-order valence-electron chi connectivity index (χ2n) is 7.01. The zero-order valence-corrected chi connectivity index (χ0v) is 14.0. The third-order valence-electron chi connectivity index (χ3n) is 4.53. The molecule has 0 aliphatic heterocycles. The monoisotopic (exact) mass is 298 g/mol. The lowest BCUT2D eigenvalue weighted by Crippen LogP contribution is -2.35. The Balaban J connectivity index is 2.43. The van der Waals surface area contributed by atoms with Crippen LogP contribution in [0.2, 0.25) is 0 Å². The molecule has 0 aromatic carbocycles. The van der Waals surface area contributed by atoms with Crippen LogP contribution < -0.4 is 0 Å². The summed E-state index contributed by atoms with van der Waals surface area (Å²) in [6, 6.07) is 0. The molecule has 1 fully saturated rings. The maximum Gasteiger partial charge on any atom is 0.344 e. The van der Waals surface area contributed by atoms with Gasteiger partial charge >= 0.3 is 11.9 Å². The van der Waals surface area contributed by atoms with Crippen LogP contribution in [0.1, 0.15) is 79.1 Å². The molecule has 21 heavy (non-hydrogen) atoms. The minimum absolute atomic E-state index is 0.280. The summed E-state index contributed by atoms with van der Waals surface area (Å²) >= 11 is 0. The molecule has 1 aliphatic carbocycles. The first-order chi connectivity index (χ1) is 9.79. The van der Waals surface area contributed by atoms with Crippen molar-refractivity contribution in [1.82, 2.24) is 0 Å². The van der Waals surface area contributed by atoms with Crippen molar-refractivity contribution in [3.63, 3.8) is 0 Å². The van der Waals surface area contributed by atoms with Gasteiger partial charge in [0.2, 0.25) is 0 Å². The van der Waals surface area contributed by atoms with Gasteiger partial charge in [-0.15, -0.1) is 0 Å². The van der Waals surface area contributed by atoms with Gasteiger partial charge < -0.3 is 9.47 Å². The maximum absolute atomic E-state index is 11.9. The van der Waals surface area contributed by atoms with Crippen LogP contribution in [0.3, 0.4) is 0 Å². The predicted octanol–water partition coefficient (Wildman–Crippen LogP) is 4.01. The minimum atomic E-state index is -0.551. The summed E-state index contributed by atoms with van der Waals surface area (Å²) in [5.41, 5.74) is -0.950. The highest BCUT2D eigenvalue weighted by Crippen LogP contribution is 2.29. The van der Waals surface area contributed by atoms with Crippen molar-refractivity contribution in [2.24, 2.45) is 5.41 Å². The highest BCUT2D eigenvalue weighted by molar-refractivity contribution is 5.79. The zero-order chi connectivity index (χ0) is 15.9. The van der Waals surface area contributed by atoms with Crippen molar-refractivity contribution >= 4 is 11.9 Å². The van der Waals surface area contributed by atoms with Gasteiger partial charge in [-0.25, -0.2) is 4.79 Å². The van der Waals surface area contributed by atoms with Crippen LogP contribution in [0.4, 0.5) is 0 Å². The average Bonchev–Trinajstić information content (AvgIpc) is 2.41. The Hall–Kier alpha value is -1.06. The van der Waals surface area contributed by atoms with Gasteiger partial charge in [0, 0.05) is 0 Å². The molecule has 1 rings (SSSR count). The number of carbonyl (C=O) groups excluding carboxylic acids is 2. The van der Waals surface area contributed by atoms with E-state index in [2.05, 4.69) is 0 Å². The summed E-state index contributed by atoms with van der Waals surface area (Å²) in [4.78, 5) is 23.8. The summed E-state index contributed by atoms with van der Waals surface area (Å²) in [5.74, 6) is -0.775. The lowest BCUT2D eigenvalue weighted by atomic mass is 9.88. The molecule has 0 unspecified atom stereocenters. The molecule has 0 radical (unpaired) electrons. The van der Waals surface area contributed by atoms with E-state index < -0.39 is 17.0 Å². The van der Waals surface area contributed by atoms with E-state index in [1.165, 1.54) is 19.3 Å². The van der Waals surface area contributed by atoms with E-state index >= 15 is 0 Å². The maximum atomic E-state index is 11.9. The largest absolute Gasteiger partial charge is 0.457 e. The number of rotatable bonds is 5. The highest BCUT2D eigenvalue weighted by atomic mass is 16.6. The predicted molar refractivity (Wildman–Crippen MR) is 81.8 cm³/mol. The Kier molecular flexibility index (Phi) is 6.69. The van der Waals surface area contributed by atoms with E-state index in [9.17, 15) is 9.59 Å². The second-order valence-corrected chi connectivity index (χ2v) is 7.01. The van der Waals surface area contributed by atoms with Crippen LogP contribution in [0.5, 0.6) is 0 Å². The van der Waals surface area contributed by atoms with Gasteiger partial charge in [0.1, 0.15) is 5.60 Å². The molecule has 0 aromatic heterocycles. The van der Waals surface area contributed by atoms with Crippen LogP contribution in [-0.2, 0) is 19.1 Å². The molecular formula is C17H30O4. The minimum Gasteiger partial charge on any atom is -0.457 e. The first kappa shape index (κ1) is 18.0. The number of ether oxygens (including phenoxy) is 2. The number of hydrogen-bond donors (Lipinski definition) is 0. The van der Waals surface area contributed by atoms with Gasteiger partial charge in [-0.05, 0) is 52.9 Å². The van der Waals surface area contributed by atoms with Crippen LogP contribution in [0, 0.1) is 5.41 Å². The summed E-state index contributed by atoms with van der Waals surface area (Å²) in [5, 5.41) is 0. The summed E-state index contributed by atoms with van der Waals surface area (Å²) < 4.78 is 10.7. The lowest BCUT2D eigenvalue weighted by Gasteiger charge is -2.31. The molecule has 0 atom stereocenters. The average molecular weight is 298 g/mol. The van der Waals surface area contributed by atoms with Crippen molar-refractivity contribution in [3.05, 3.63) is 0 Å². The fraction of sp³-hybridized carbons (Fsp3) is 0.882. The van der Waals surface area contributed by atoms with Crippen LogP contribution in [-0.4, -0.2) is 24.1 Å². The first-order valence-corrected chi connectivity index (χ1v) is 8.18. The van der Waals surface area contributed by atoms with E-state index in [4.69, 9.17) is 9.47 Å². The fourth-order valence-corrected chi connectivity index (χ4v) is 2.52. The summed E-state index contributed by atoms with van der Waals surface area (Å²) in [6.07, 6.45) is 8.32. The number of esters is 2. The van der Waals surface area contributed by atoms with E-state index in [1.807, 2.05) is 27.7 Å². The van der Waals surface area contributed by atoms with E-state index in [0.717, 1.165) is 25.7 Å². The van der Waals surface area contributed by atoms with Gasteiger partial charge in [-0.2, -0.15) is 0 Å². The van der Waals surface area contributed by atoms with Crippen LogP contribution >= 0.6 is 0 Å². The van der Waals surface area contributed by atoms with Gasteiger partial charge in [-0.3, -0.25) is 4.79 Å². The van der Waals surface area contributed by atoms with Gasteiger partial charge in [-0.1, -0.05) is 26.2 Å². The Morgan fingerprint density at radius 1 is 1.05 bits per heavy atom. The van der Waals surface area contributed by atoms with E-state index in [1.54, 1.807) is 0 Å². The quantitative estimate of drug-likeness (QED) is 0.720. The fourth-order valence-electron chi connectivity index (χ4n) is 2.52. The van der Waals surface area contributed by atoms with E-state index in [-0.39, 0.29) is 12.6 Å². The van der Waals surface area contributed by atoms with Crippen molar-refractivity contribution in [2.75, 3.05) is 6.61 Å². The van der Waals surface area contributed by atoms with Crippen molar-refractivity contribution in [2.45, 2.75) is 84.7 Å². The summed E-state index contributed by atoms with van der Waals surface area (Å²) in [6.45, 7) is 7.27. The normalized spacial score (nSPS) is 19.2. The Bertz CT molecular complexity index is 352. The smallest absolute Gasteiger partial charge is 0.344 e. The molecule has 4 nitrogen and oxygen atoms in total. The number of hydrogen-bond acceptors (Lipinski definition) is 4. The molecule has 0 amide bonds. The zero-order valence-electron chi connectivity index (χ0n) is 14.0. The SMILES string of the molecule is CCC(C)(C)C(=O)OCC(=O)OC1(C)CCCCCCC1. The van der Waals surface area contributed by atoms with Gasteiger partial charge in [0.05, 0.1) is 5.41 Å². The van der Waals surface area contributed by atoms with Crippen molar-refractivity contribution in [1.29, 1.82) is 0 Å². The molecular weight excluding hydrogens is 268 g/mol. The molecule has 0 aromatic rings. The van der Waals surface area contributed by atoms with Crippen LogP contribution in [0.25, 0.3) is 0 Å². The molecule has 122 valence electrons. The molecule has 0 spiro atoms. The molecule has 0 saturated heterocycles. The van der Waals surface area contributed by atoms with Crippen molar-refractivity contribution < 1.29 is 19.1 Å². The Morgan fingerprint density at radius 3 is 2.10 bits per heavy atom. The standard InChI is InChI=1S/C17H30O4/c1-5-16(2,3)15(19)20-13-14(18)21-17(4)11-9-7-6-8-10-12-17/h5-13H2,1-4H3. The van der Waals surface area contributed by atoms with Gasteiger partial charge in [0.15, 0.2) is 6.61 Å². The first-order valence-electron chi connectivity index (χ1n) is 8.18. The molecule has 4 heteroatoms. The molecule has 0 heterocycles. The van der Waals surface area contributed by atoms with Crippen LogP contribution in [0.15, 0.2) is 0 Å².